The summed E-state index contributed by atoms with van der Waals surface area (Å²) in [6.45, 7) is 2.80. The largest absolute Gasteiger partial charge is 0.496 e. The van der Waals surface area contributed by atoms with E-state index >= 15 is 0 Å². The summed E-state index contributed by atoms with van der Waals surface area (Å²) in [7, 11) is 3.20. The Labute approximate surface area is 126 Å². The van der Waals surface area contributed by atoms with E-state index in [9.17, 15) is 4.79 Å². The second-order valence-corrected chi connectivity index (χ2v) is 5.33. The summed E-state index contributed by atoms with van der Waals surface area (Å²) in [5.74, 6) is 1.90. The van der Waals surface area contributed by atoms with Crippen LogP contribution in [0.2, 0.25) is 0 Å². The highest BCUT2D eigenvalue weighted by Crippen LogP contribution is 2.28. The minimum Gasteiger partial charge on any atom is -0.496 e. The average molecular weight is 292 g/mol. The Kier molecular flexibility index (Phi) is 5.87. The molecule has 0 aliphatic carbocycles. The predicted molar refractivity (Wildman–Crippen MR) is 81.9 cm³/mol. The minimum atomic E-state index is 0.00312. The summed E-state index contributed by atoms with van der Waals surface area (Å²) in [5.41, 5.74) is 0.793. The number of hydrogen-bond donors (Lipinski definition) is 2. The third kappa shape index (κ3) is 4.36. The highest BCUT2D eigenvalue weighted by Gasteiger charge is 2.17. The molecule has 1 saturated heterocycles. The third-order valence-electron chi connectivity index (χ3n) is 3.85. The lowest BCUT2D eigenvalue weighted by atomic mass is 9.99. The van der Waals surface area contributed by atoms with E-state index in [4.69, 9.17) is 9.47 Å². The molecule has 2 rings (SSSR count). The minimum absolute atomic E-state index is 0.00312. The molecule has 116 valence electrons. The summed E-state index contributed by atoms with van der Waals surface area (Å²) in [4.78, 5) is 12.1. The van der Waals surface area contributed by atoms with E-state index < -0.39 is 0 Å². The van der Waals surface area contributed by atoms with Crippen LogP contribution < -0.4 is 20.1 Å². The van der Waals surface area contributed by atoms with Crippen molar-refractivity contribution in [3.8, 4) is 11.5 Å². The Morgan fingerprint density at radius 2 is 2.05 bits per heavy atom. The number of ether oxygens (including phenoxy) is 2. The van der Waals surface area contributed by atoms with Gasteiger partial charge < -0.3 is 20.1 Å². The van der Waals surface area contributed by atoms with Crippen LogP contribution in [0.3, 0.4) is 0 Å². The Morgan fingerprint density at radius 1 is 1.33 bits per heavy atom. The highest BCUT2D eigenvalue weighted by molar-refractivity contribution is 5.80. The van der Waals surface area contributed by atoms with Crippen molar-refractivity contribution < 1.29 is 14.3 Å². The van der Waals surface area contributed by atoms with Gasteiger partial charge in [0.15, 0.2) is 0 Å². The Bertz CT molecular complexity index is 448. The SMILES string of the molecule is COc1cccc(OC)c1CC(=O)NCC1CCCNC1. The van der Waals surface area contributed by atoms with Gasteiger partial charge in [-0.05, 0) is 44.0 Å². The van der Waals surface area contributed by atoms with Gasteiger partial charge in [-0.15, -0.1) is 0 Å². The van der Waals surface area contributed by atoms with Crippen LogP contribution in [0.1, 0.15) is 18.4 Å². The molecular formula is C16H24N2O3. The number of hydrogen-bond acceptors (Lipinski definition) is 4. The predicted octanol–water partition coefficient (Wildman–Crippen LogP) is 1.36. The second kappa shape index (κ2) is 7.88. The van der Waals surface area contributed by atoms with Gasteiger partial charge in [-0.1, -0.05) is 6.07 Å². The van der Waals surface area contributed by atoms with E-state index in [0.717, 1.165) is 25.2 Å². The van der Waals surface area contributed by atoms with Crippen LogP contribution in [0.25, 0.3) is 0 Å². The maximum atomic E-state index is 12.1. The summed E-state index contributed by atoms with van der Waals surface area (Å²) in [6.07, 6.45) is 2.62. The van der Waals surface area contributed by atoms with Gasteiger partial charge in [-0.2, -0.15) is 0 Å². The number of piperidine rings is 1. The zero-order valence-electron chi connectivity index (χ0n) is 12.8. The number of carbonyl (C=O) groups is 1. The van der Waals surface area contributed by atoms with Gasteiger partial charge in [0.05, 0.1) is 20.6 Å². The van der Waals surface area contributed by atoms with Crippen LogP contribution in [0.5, 0.6) is 11.5 Å². The first-order valence-corrected chi connectivity index (χ1v) is 7.42. The molecule has 1 unspecified atom stereocenters. The molecule has 21 heavy (non-hydrogen) atoms. The molecule has 5 nitrogen and oxygen atoms in total. The van der Waals surface area contributed by atoms with Crippen LogP contribution in [0.4, 0.5) is 0 Å². The van der Waals surface area contributed by atoms with E-state index in [1.807, 2.05) is 18.2 Å². The van der Waals surface area contributed by atoms with Crippen molar-refractivity contribution >= 4 is 5.91 Å². The third-order valence-corrected chi connectivity index (χ3v) is 3.85. The van der Waals surface area contributed by atoms with Crippen molar-refractivity contribution in [2.75, 3.05) is 33.9 Å². The van der Waals surface area contributed by atoms with E-state index in [2.05, 4.69) is 10.6 Å². The Hall–Kier alpha value is -1.75. The van der Waals surface area contributed by atoms with Gasteiger partial charge >= 0.3 is 0 Å². The standard InChI is InChI=1S/C16H24N2O3/c1-20-14-6-3-7-15(21-2)13(14)9-16(19)18-11-12-5-4-8-17-10-12/h3,6-7,12,17H,4-5,8-11H2,1-2H3,(H,18,19). The summed E-state index contributed by atoms with van der Waals surface area (Å²) in [6, 6.07) is 5.54. The number of nitrogens with one attached hydrogen (secondary N) is 2. The maximum absolute atomic E-state index is 12.1. The normalized spacial score (nSPS) is 18.1. The number of methoxy groups -OCH3 is 2. The lowest BCUT2D eigenvalue weighted by molar-refractivity contribution is -0.120. The Morgan fingerprint density at radius 3 is 2.62 bits per heavy atom. The van der Waals surface area contributed by atoms with Crippen molar-refractivity contribution in [3.63, 3.8) is 0 Å². The van der Waals surface area contributed by atoms with Gasteiger partial charge in [-0.25, -0.2) is 0 Å². The quantitative estimate of drug-likeness (QED) is 0.831. The van der Waals surface area contributed by atoms with E-state index in [1.54, 1.807) is 14.2 Å². The van der Waals surface area contributed by atoms with Gasteiger partial charge in [0, 0.05) is 12.1 Å². The van der Waals surface area contributed by atoms with Crippen molar-refractivity contribution in [3.05, 3.63) is 23.8 Å². The molecule has 1 aromatic rings. The zero-order valence-corrected chi connectivity index (χ0v) is 12.8. The summed E-state index contributed by atoms with van der Waals surface area (Å²) < 4.78 is 10.6. The molecule has 1 amide bonds. The molecule has 2 N–H and O–H groups in total. The van der Waals surface area contributed by atoms with Gasteiger partial charge in [0.2, 0.25) is 5.91 Å². The molecule has 0 radical (unpaired) electrons. The molecule has 1 aliphatic rings. The summed E-state index contributed by atoms with van der Waals surface area (Å²) in [5, 5.41) is 6.37. The molecule has 1 atom stereocenters. The lowest BCUT2D eigenvalue weighted by Gasteiger charge is -2.23. The van der Waals surface area contributed by atoms with Crippen molar-refractivity contribution in [2.45, 2.75) is 19.3 Å². The molecule has 0 bridgehead atoms. The lowest BCUT2D eigenvalue weighted by Crippen LogP contribution is -2.38. The fraction of sp³-hybridized carbons (Fsp3) is 0.562. The second-order valence-electron chi connectivity index (χ2n) is 5.33. The highest BCUT2D eigenvalue weighted by atomic mass is 16.5. The van der Waals surface area contributed by atoms with Crippen LogP contribution in [0, 0.1) is 5.92 Å². The molecule has 1 fully saturated rings. The monoisotopic (exact) mass is 292 g/mol. The van der Waals surface area contributed by atoms with Crippen LogP contribution in [0.15, 0.2) is 18.2 Å². The fourth-order valence-corrected chi connectivity index (χ4v) is 2.68. The van der Waals surface area contributed by atoms with E-state index in [1.165, 1.54) is 12.8 Å². The number of carbonyl (C=O) groups excluding carboxylic acids is 1. The molecule has 5 heteroatoms. The molecule has 0 saturated carbocycles. The zero-order chi connectivity index (χ0) is 15.1. The Balaban J connectivity index is 1.92. The van der Waals surface area contributed by atoms with Crippen molar-refractivity contribution in [1.29, 1.82) is 0 Å². The van der Waals surface area contributed by atoms with Crippen LogP contribution in [-0.2, 0) is 11.2 Å². The van der Waals surface area contributed by atoms with Crippen LogP contribution >= 0.6 is 0 Å². The average Bonchev–Trinajstić information content (AvgIpc) is 2.54. The maximum Gasteiger partial charge on any atom is 0.224 e. The topological polar surface area (TPSA) is 59.6 Å². The van der Waals surface area contributed by atoms with Gasteiger partial charge in [0.25, 0.3) is 0 Å². The van der Waals surface area contributed by atoms with E-state index in [-0.39, 0.29) is 12.3 Å². The summed E-state index contributed by atoms with van der Waals surface area (Å²) >= 11 is 0. The van der Waals surface area contributed by atoms with Crippen molar-refractivity contribution in [1.82, 2.24) is 10.6 Å². The van der Waals surface area contributed by atoms with Gasteiger partial charge in [0.1, 0.15) is 11.5 Å². The van der Waals surface area contributed by atoms with Crippen molar-refractivity contribution in [2.24, 2.45) is 5.92 Å². The molecule has 1 heterocycles. The number of rotatable bonds is 6. The first kappa shape index (κ1) is 15.6. The number of amides is 1. The smallest absolute Gasteiger partial charge is 0.224 e. The molecule has 0 spiro atoms. The first-order valence-electron chi connectivity index (χ1n) is 7.42. The molecule has 1 aromatic carbocycles. The van der Waals surface area contributed by atoms with E-state index in [0.29, 0.717) is 17.4 Å². The number of benzene rings is 1. The first-order chi connectivity index (χ1) is 10.2. The fourth-order valence-electron chi connectivity index (χ4n) is 2.68. The van der Waals surface area contributed by atoms with Crippen LogP contribution in [-0.4, -0.2) is 39.8 Å². The van der Waals surface area contributed by atoms with Gasteiger partial charge in [-0.3, -0.25) is 4.79 Å². The molecule has 1 aliphatic heterocycles. The molecular weight excluding hydrogens is 268 g/mol. The molecule has 0 aromatic heterocycles.